The highest BCUT2D eigenvalue weighted by Crippen LogP contribution is 2.36. The molecule has 0 aliphatic rings. The number of hydrogen-bond acceptors (Lipinski definition) is 5. The Balaban J connectivity index is 2.79. The SMILES string of the molecule is CCOC(=O)c1cc(OCCCCCCCCCCBr)c(C(=O)O)c(CC)c1OCCCCCCCCCCBr. The predicted octanol–water partition coefficient (Wildman–Crippen LogP) is 9.91. The molecule has 0 aromatic heterocycles. The van der Waals surface area contributed by atoms with Gasteiger partial charge in [-0.2, -0.15) is 0 Å². The van der Waals surface area contributed by atoms with E-state index in [1.54, 1.807) is 6.92 Å². The van der Waals surface area contributed by atoms with Crippen molar-refractivity contribution in [1.29, 1.82) is 0 Å². The number of ether oxygens (including phenoxy) is 3. The number of carbonyl (C=O) groups excluding carboxylic acids is 1. The second-order valence-corrected chi connectivity index (χ2v) is 11.8. The number of carboxylic acids is 1. The molecule has 0 aliphatic carbocycles. The average molecular weight is 693 g/mol. The molecule has 0 aliphatic heterocycles. The van der Waals surface area contributed by atoms with Crippen LogP contribution in [0.1, 0.15) is 143 Å². The zero-order valence-corrected chi connectivity index (χ0v) is 28.1. The lowest BCUT2D eigenvalue weighted by Gasteiger charge is -2.20. The number of carbonyl (C=O) groups is 2. The van der Waals surface area contributed by atoms with E-state index in [0.717, 1.165) is 49.2 Å². The van der Waals surface area contributed by atoms with Crippen LogP contribution in [0.15, 0.2) is 6.07 Å². The summed E-state index contributed by atoms with van der Waals surface area (Å²) in [6.45, 7) is 4.69. The van der Waals surface area contributed by atoms with E-state index in [1.807, 2.05) is 6.92 Å². The van der Waals surface area contributed by atoms with Gasteiger partial charge in [-0.15, -0.1) is 0 Å². The number of alkyl halides is 2. The molecule has 0 saturated carbocycles. The second-order valence-electron chi connectivity index (χ2n) is 10.2. The number of halogens is 2. The Hall–Kier alpha value is -1.28. The van der Waals surface area contributed by atoms with Gasteiger partial charge in [-0.1, -0.05) is 116 Å². The fourth-order valence-corrected chi connectivity index (χ4v) is 5.57. The van der Waals surface area contributed by atoms with Gasteiger partial charge in [0.05, 0.1) is 19.8 Å². The van der Waals surface area contributed by atoms with Crippen molar-refractivity contribution in [3.8, 4) is 11.5 Å². The summed E-state index contributed by atoms with van der Waals surface area (Å²) in [5.74, 6) is -1.05. The molecule has 0 bridgehead atoms. The number of benzene rings is 1. The third kappa shape index (κ3) is 15.1. The smallest absolute Gasteiger partial charge is 0.342 e. The highest BCUT2D eigenvalue weighted by Gasteiger charge is 2.27. The molecule has 8 heteroatoms. The third-order valence-corrected chi connectivity index (χ3v) is 8.09. The van der Waals surface area contributed by atoms with E-state index in [-0.39, 0.29) is 23.5 Å². The van der Waals surface area contributed by atoms with Crippen LogP contribution < -0.4 is 9.47 Å². The van der Waals surface area contributed by atoms with Gasteiger partial charge in [-0.3, -0.25) is 0 Å². The minimum absolute atomic E-state index is 0.0841. The van der Waals surface area contributed by atoms with Gasteiger partial charge in [0.1, 0.15) is 22.6 Å². The quantitative estimate of drug-likeness (QED) is 0.0592. The molecule has 230 valence electrons. The molecular formula is C32H52Br2O6. The summed E-state index contributed by atoms with van der Waals surface area (Å²) in [6, 6.07) is 1.51. The number of hydrogen-bond donors (Lipinski definition) is 1. The van der Waals surface area contributed by atoms with Crippen LogP contribution in [0, 0.1) is 0 Å². The zero-order chi connectivity index (χ0) is 29.4. The Morgan fingerprint density at radius 1 is 0.700 bits per heavy atom. The highest BCUT2D eigenvalue weighted by molar-refractivity contribution is 9.09. The minimum atomic E-state index is -1.07. The minimum Gasteiger partial charge on any atom is -0.493 e. The molecule has 6 nitrogen and oxygen atoms in total. The zero-order valence-electron chi connectivity index (χ0n) is 24.9. The number of unbranched alkanes of at least 4 members (excludes halogenated alkanes) is 14. The monoisotopic (exact) mass is 690 g/mol. The maximum Gasteiger partial charge on any atom is 0.342 e. The van der Waals surface area contributed by atoms with Crippen molar-refractivity contribution in [2.75, 3.05) is 30.5 Å². The van der Waals surface area contributed by atoms with E-state index in [2.05, 4.69) is 31.9 Å². The Bertz CT molecular complexity index is 830. The first-order chi connectivity index (χ1) is 19.5. The van der Waals surface area contributed by atoms with Gasteiger partial charge in [0, 0.05) is 16.2 Å². The number of aromatic carboxylic acids is 1. The lowest BCUT2D eigenvalue weighted by atomic mass is 9.98. The number of esters is 1. The van der Waals surface area contributed by atoms with E-state index in [1.165, 1.54) is 70.3 Å². The van der Waals surface area contributed by atoms with Gasteiger partial charge < -0.3 is 19.3 Å². The first kappa shape index (κ1) is 36.7. The van der Waals surface area contributed by atoms with Crippen LogP contribution in [0.4, 0.5) is 0 Å². The maximum atomic E-state index is 12.9. The lowest BCUT2D eigenvalue weighted by molar-refractivity contribution is 0.0518. The van der Waals surface area contributed by atoms with Crippen LogP contribution in [0.5, 0.6) is 11.5 Å². The normalized spacial score (nSPS) is 11.0. The molecule has 0 heterocycles. The van der Waals surface area contributed by atoms with Crippen molar-refractivity contribution >= 4 is 43.8 Å². The number of carboxylic acid groups (broad SMARTS) is 1. The summed E-state index contributed by atoms with van der Waals surface area (Å²) >= 11 is 6.95. The molecule has 1 rings (SSSR count). The van der Waals surface area contributed by atoms with Gasteiger partial charge in [0.15, 0.2) is 0 Å². The van der Waals surface area contributed by atoms with E-state index in [4.69, 9.17) is 14.2 Å². The molecule has 0 spiro atoms. The Morgan fingerprint density at radius 3 is 1.57 bits per heavy atom. The van der Waals surface area contributed by atoms with Gasteiger partial charge in [-0.05, 0) is 45.1 Å². The Labute approximate surface area is 259 Å². The van der Waals surface area contributed by atoms with Crippen molar-refractivity contribution < 1.29 is 28.9 Å². The van der Waals surface area contributed by atoms with Crippen molar-refractivity contribution in [2.45, 2.75) is 123 Å². The first-order valence-corrected chi connectivity index (χ1v) is 17.7. The summed E-state index contributed by atoms with van der Waals surface area (Å²) in [7, 11) is 0. The standard InChI is InChI=1S/C32H52Br2O6/c1-3-26-29(31(35)36)28(39-23-19-15-11-7-5-9-13-17-21-33)25-27(32(37)38-4-2)30(26)40-24-20-16-12-8-6-10-14-18-22-34/h25H,3-24H2,1-2H3,(H,35,36). The van der Waals surface area contributed by atoms with Gasteiger partial charge in [-0.25, -0.2) is 9.59 Å². The van der Waals surface area contributed by atoms with Crippen LogP contribution in [0.2, 0.25) is 0 Å². The first-order valence-electron chi connectivity index (χ1n) is 15.5. The van der Waals surface area contributed by atoms with Gasteiger partial charge >= 0.3 is 11.9 Å². The molecule has 0 atom stereocenters. The maximum absolute atomic E-state index is 12.9. The van der Waals surface area contributed by atoms with Crippen molar-refractivity contribution in [3.63, 3.8) is 0 Å². The summed E-state index contributed by atoms with van der Waals surface area (Å²) in [4.78, 5) is 25.2. The van der Waals surface area contributed by atoms with Gasteiger partial charge in [0.25, 0.3) is 0 Å². The average Bonchev–Trinajstić information content (AvgIpc) is 2.94. The van der Waals surface area contributed by atoms with Gasteiger partial charge in [0.2, 0.25) is 0 Å². The molecule has 0 unspecified atom stereocenters. The van der Waals surface area contributed by atoms with E-state index in [9.17, 15) is 14.7 Å². The molecule has 0 saturated heterocycles. The van der Waals surface area contributed by atoms with E-state index < -0.39 is 11.9 Å². The van der Waals surface area contributed by atoms with E-state index in [0.29, 0.717) is 30.9 Å². The summed E-state index contributed by atoms with van der Waals surface area (Å²) in [5, 5.41) is 12.2. The largest absolute Gasteiger partial charge is 0.493 e. The van der Waals surface area contributed by atoms with Crippen LogP contribution in [-0.4, -0.2) is 47.5 Å². The predicted molar refractivity (Wildman–Crippen MR) is 171 cm³/mol. The summed E-state index contributed by atoms with van der Waals surface area (Å²) < 4.78 is 17.4. The van der Waals surface area contributed by atoms with Crippen molar-refractivity contribution in [2.24, 2.45) is 0 Å². The molecule has 1 N–H and O–H groups in total. The Kier molecular flexibility index (Phi) is 22.4. The van der Waals surface area contributed by atoms with Crippen molar-refractivity contribution in [1.82, 2.24) is 0 Å². The highest BCUT2D eigenvalue weighted by atomic mass is 79.9. The lowest BCUT2D eigenvalue weighted by Crippen LogP contribution is -2.16. The molecule has 40 heavy (non-hydrogen) atoms. The molecule has 1 aromatic rings. The molecule has 0 fully saturated rings. The molecule has 1 aromatic carbocycles. The van der Waals surface area contributed by atoms with Crippen LogP contribution in [0.25, 0.3) is 0 Å². The van der Waals surface area contributed by atoms with E-state index >= 15 is 0 Å². The fourth-order valence-electron chi connectivity index (χ4n) is 4.78. The topological polar surface area (TPSA) is 82.1 Å². The van der Waals surface area contributed by atoms with Crippen LogP contribution >= 0.6 is 31.9 Å². The molecule has 0 radical (unpaired) electrons. The molecule has 0 amide bonds. The number of rotatable bonds is 26. The summed E-state index contributed by atoms with van der Waals surface area (Å²) in [5.41, 5.74) is 0.818. The van der Waals surface area contributed by atoms with Crippen LogP contribution in [0.3, 0.4) is 0 Å². The molecular weight excluding hydrogens is 640 g/mol. The van der Waals surface area contributed by atoms with Crippen LogP contribution in [-0.2, 0) is 11.2 Å². The Morgan fingerprint density at radius 2 is 1.15 bits per heavy atom. The summed E-state index contributed by atoms with van der Waals surface area (Å²) in [6.07, 6.45) is 18.9. The second kappa shape index (κ2) is 24.3. The fraction of sp³-hybridized carbons (Fsp3) is 0.750. The third-order valence-electron chi connectivity index (χ3n) is 6.96. The van der Waals surface area contributed by atoms with Crippen molar-refractivity contribution in [3.05, 3.63) is 22.8 Å².